The molecule has 1 heterocycles. The minimum atomic E-state index is -1.23. The summed E-state index contributed by atoms with van der Waals surface area (Å²) in [5.41, 5.74) is 1.67. The highest BCUT2D eigenvalue weighted by molar-refractivity contribution is 5.77. The summed E-state index contributed by atoms with van der Waals surface area (Å²) in [5, 5.41) is 0. The van der Waals surface area contributed by atoms with E-state index in [4.69, 9.17) is 23.7 Å². The molecule has 1 aliphatic heterocycles. The SMILES string of the molecule is CC(=O)OC1COC(C(=O)OCc2ccccc2)[C@H](OC(C)=O)[C@@H]1OCc1ccccc1. The standard InChI is InChI=1S/C24H26O8/c1-16(25)31-20-15-29-23(24(27)30-14-19-11-7-4-8-12-19)22(32-17(2)26)21(20)28-13-18-9-5-3-6-10-18/h3-12,20-23H,13-15H2,1-2H3/t20?,21-,22-,23?/m1/s1. The molecule has 3 rings (SSSR count). The molecule has 0 saturated carbocycles. The number of hydrogen-bond donors (Lipinski definition) is 0. The largest absolute Gasteiger partial charge is 0.459 e. The van der Waals surface area contributed by atoms with Crippen LogP contribution in [-0.2, 0) is 51.3 Å². The fourth-order valence-corrected chi connectivity index (χ4v) is 3.39. The number of ether oxygens (including phenoxy) is 5. The molecule has 170 valence electrons. The molecular formula is C24H26O8. The molecular weight excluding hydrogens is 416 g/mol. The summed E-state index contributed by atoms with van der Waals surface area (Å²) in [6.07, 6.45) is -4.17. The van der Waals surface area contributed by atoms with E-state index in [1.807, 2.05) is 60.7 Å². The van der Waals surface area contributed by atoms with Crippen LogP contribution in [0.25, 0.3) is 0 Å². The Bertz CT molecular complexity index is 899. The molecule has 0 amide bonds. The molecule has 8 nitrogen and oxygen atoms in total. The van der Waals surface area contributed by atoms with Crippen LogP contribution in [-0.4, -0.2) is 48.9 Å². The monoisotopic (exact) mass is 442 g/mol. The number of carbonyl (C=O) groups is 3. The average molecular weight is 442 g/mol. The van der Waals surface area contributed by atoms with Gasteiger partial charge in [-0.25, -0.2) is 4.79 Å². The van der Waals surface area contributed by atoms with Crippen molar-refractivity contribution < 1.29 is 38.1 Å². The zero-order valence-corrected chi connectivity index (χ0v) is 18.0. The van der Waals surface area contributed by atoms with Gasteiger partial charge in [0.2, 0.25) is 0 Å². The van der Waals surface area contributed by atoms with Crippen molar-refractivity contribution in [3.05, 3.63) is 71.8 Å². The Morgan fingerprint density at radius 2 is 1.38 bits per heavy atom. The summed E-state index contributed by atoms with van der Waals surface area (Å²) in [4.78, 5) is 36.2. The Balaban J connectivity index is 1.77. The van der Waals surface area contributed by atoms with Crippen LogP contribution in [0.5, 0.6) is 0 Å². The molecule has 1 aliphatic rings. The first-order valence-corrected chi connectivity index (χ1v) is 10.3. The third kappa shape index (κ3) is 6.63. The lowest BCUT2D eigenvalue weighted by Gasteiger charge is -2.40. The molecule has 4 atom stereocenters. The van der Waals surface area contributed by atoms with Gasteiger partial charge >= 0.3 is 17.9 Å². The molecule has 0 radical (unpaired) electrons. The van der Waals surface area contributed by atoms with E-state index < -0.39 is 42.3 Å². The van der Waals surface area contributed by atoms with E-state index in [-0.39, 0.29) is 19.8 Å². The number of hydrogen-bond acceptors (Lipinski definition) is 8. The van der Waals surface area contributed by atoms with Gasteiger partial charge in [0, 0.05) is 13.8 Å². The van der Waals surface area contributed by atoms with Gasteiger partial charge in [-0.1, -0.05) is 60.7 Å². The number of carbonyl (C=O) groups excluding carboxylic acids is 3. The molecule has 1 saturated heterocycles. The zero-order chi connectivity index (χ0) is 22.9. The summed E-state index contributed by atoms with van der Waals surface area (Å²) in [6, 6.07) is 18.5. The maximum Gasteiger partial charge on any atom is 0.339 e. The molecule has 0 spiro atoms. The summed E-state index contributed by atoms with van der Waals surface area (Å²) < 4.78 is 27.8. The van der Waals surface area contributed by atoms with Crippen LogP contribution in [0.3, 0.4) is 0 Å². The van der Waals surface area contributed by atoms with Gasteiger partial charge in [-0.05, 0) is 11.1 Å². The van der Waals surface area contributed by atoms with Crippen molar-refractivity contribution in [2.45, 2.75) is 51.5 Å². The highest BCUT2D eigenvalue weighted by Gasteiger charge is 2.49. The van der Waals surface area contributed by atoms with Crippen molar-refractivity contribution >= 4 is 17.9 Å². The molecule has 32 heavy (non-hydrogen) atoms. The lowest BCUT2D eigenvalue weighted by atomic mass is 9.99. The first-order valence-electron chi connectivity index (χ1n) is 10.3. The lowest BCUT2D eigenvalue weighted by Crippen LogP contribution is -2.59. The second-order valence-corrected chi connectivity index (χ2v) is 7.33. The van der Waals surface area contributed by atoms with Crippen molar-refractivity contribution in [1.29, 1.82) is 0 Å². The fraction of sp³-hybridized carbons (Fsp3) is 0.375. The Morgan fingerprint density at radius 1 is 0.812 bits per heavy atom. The summed E-state index contributed by atoms with van der Waals surface area (Å²) in [5.74, 6) is -1.87. The molecule has 1 fully saturated rings. The lowest BCUT2D eigenvalue weighted by molar-refractivity contribution is -0.233. The molecule has 0 aliphatic carbocycles. The second-order valence-electron chi connectivity index (χ2n) is 7.33. The average Bonchev–Trinajstić information content (AvgIpc) is 2.78. The smallest absolute Gasteiger partial charge is 0.339 e. The summed E-state index contributed by atoms with van der Waals surface area (Å²) in [6.45, 7) is 2.56. The second kappa shape index (κ2) is 11.4. The van der Waals surface area contributed by atoms with Crippen molar-refractivity contribution in [3.63, 3.8) is 0 Å². The van der Waals surface area contributed by atoms with E-state index >= 15 is 0 Å². The van der Waals surface area contributed by atoms with Crippen LogP contribution in [0.2, 0.25) is 0 Å². The van der Waals surface area contributed by atoms with Gasteiger partial charge in [0.05, 0.1) is 13.2 Å². The Kier molecular flexibility index (Phi) is 8.35. The molecule has 2 unspecified atom stereocenters. The predicted molar refractivity (Wildman–Crippen MR) is 112 cm³/mol. The summed E-state index contributed by atoms with van der Waals surface area (Å²) in [7, 11) is 0. The molecule has 2 aromatic carbocycles. The van der Waals surface area contributed by atoms with E-state index in [1.54, 1.807) is 0 Å². The van der Waals surface area contributed by atoms with Crippen LogP contribution >= 0.6 is 0 Å². The van der Waals surface area contributed by atoms with E-state index in [1.165, 1.54) is 13.8 Å². The van der Waals surface area contributed by atoms with Crippen molar-refractivity contribution in [1.82, 2.24) is 0 Å². The van der Waals surface area contributed by atoms with Gasteiger partial charge in [-0.3, -0.25) is 9.59 Å². The Labute approximate surface area is 186 Å². The van der Waals surface area contributed by atoms with Crippen molar-refractivity contribution in [2.24, 2.45) is 0 Å². The van der Waals surface area contributed by atoms with Crippen molar-refractivity contribution in [2.75, 3.05) is 6.61 Å². The topological polar surface area (TPSA) is 97.4 Å². The third-order valence-electron chi connectivity index (χ3n) is 4.79. The van der Waals surface area contributed by atoms with Gasteiger partial charge in [0.25, 0.3) is 0 Å². The Hall–Kier alpha value is -3.23. The predicted octanol–water partition coefficient (Wildman–Crippen LogP) is 2.58. The number of rotatable bonds is 8. The molecule has 0 aromatic heterocycles. The molecule has 8 heteroatoms. The summed E-state index contributed by atoms with van der Waals surface area (Å²) >= 11 is 0. The maximum absolute atomic E-state index is 12.8. The van der Waals surface area contributed by atoms with E-state index in [9.17, 15) is 14.4 Å². The normalized spacial score (nSPS) is 22.6. The van der Waals surface area contributed by atoms with Crippen LogP contribution in [0, 0.1) is 0 Å². The van der Waals surface area contributed by atoms with Crippen molar-refractivity contribution in [3.8, 4) is 0 Å². The van der Waals surface area contributed by atoms with Crippen LogP contribution in [0.15, 0.2) is 60.7 Å². The molecule has 0 bridgehead atoms. The van der Waals surface area contributed by atoms with E-state index in [2.05, 4.69) is 0 Å². The van der Waals surface area contributed by atoms with Gasteiger partial charge in [0.15, 0.2) is 18.3 Å². The Morgan fingerprint density at radius 3 is 1.94 bits per heavy atom. The van der Waals surface area contributed by atoms with E-state index in [0.29, 0.717) is 0 Å². The minimum Gasteiger partial charge on any atom is -0.459 e. The van der Waals surface area contributed by atoms with Gasteiger partial charge in [-0.15, -0.1) is 0 Å². The first kappa shape index (κ1) is 23.4. The highest BCUT2D eigenvalue weighted by atomic mass is 16.6. The molecule has 2 aromatic rings. The minimum absolute atomic E-state index is 0.0369. The third-order valence-corrected chi connectivity index (χ3v) is 4.79. The van der Waals surface area contributed by atoms with Crippen LogP contribution < -0.4 is 0 Å². The van der Waals surface area contributed by atoms with Gasteiger partial charge in [0.1, 0.15) is 12.7 Å². The fourth-order valence-electron chi connectivity index (χ4n) is 3.39. The highest BCUT2D eigenvalue weighted by Crippen LogP contribution is 2.26. The maximum atomic E-state index is 12.8. The first-order chi connectivity index (χ1) is 15.4. The molecule has 0 N–H and O–H groups in total. The van der Waals surface area contributed by atoms with Crippen LogP contribution in [0.4, 0.5) is 0 Å². The van der Waals surface area contributed by atoms with Gasteiger partial charge in [-0.2, -0.15) is 0 Å². The van der Waals surface area contributed by atoms with Crippen LogP contribution in [0.1, 0.15) is 25.0 Å². The number of esters is 3. The number of benzene rings is 2. The van der Waals surface area contributed by atoms with E-state index in [0.717, 1.165) is 11.1 Å². The quantitative estimate of drug-likeness (QED) is 0.455. The van der Waals surface area contributed by atoms with Gasteiger partial charge < -0.3 is 23.7 Å². The zero-order valence-electron chi connectivity index (χ0n) is 18.0.